The van der Waals surface area contributed by atoms with Crippen LogP contribution in [0.1, 0.15) is 39.9 Å². The number of halogens is 1. The van der Waals surface area contributed by atoms with E-state index in [1.165, 1.54) is 36.4 Å². The van der Waals surface area contributed by atoms with Crippen molar-refractivity contribution < 1.29 is 23.5 Å². The molecule has 2 amide bonds. The molecule has 5 nitrogen and oxygen atoms in total. The van der Waals surface area contributed by atoms with E-state index in [9.17, 15) is 18.8 Å². The monoisotopic (exact) mass is 469 g/mol. The number of hydrogen-bond acceptors (Lipinski definition) is 4. The molecule has 6 heteroatoms. The molecule has 0 bridgehead atoms. The number of hydrogen-bond donors (Lipinski definition) is 1. The highest BCUT2D eigenvalue weighted by Crippen LogP contribution is 2.20. The van der Waals surface area contributed by atoms with Gasteiger partial charge in [-0.15, -0.1) is 0 Å². The molecule has 0 atom stereocenters. The van der Waals surface area contributed by atoms with Gasteiger partial charge in [0.05, 0.1) is 12.2 Å². The molecule has 0 spiro atoms. The molecule has 4 rings (SSSR count). The molecule has 0 aliphatic carbocycles. The average Bonchev–Trinajstić information content (AvgIpc) is 3.21. The molecular formula is C29H24FNO4. The third-order valence-corrected chi connectivity index (χ3v) is 5.59. The minimum absolute atomic E-state index is 0.184. The van der Waals surface area contributed by atoms with Crippen molar-refractivity contribution >= 4 is 29.2 Å². The van der Waals surface area contributed by atoms with E-state index in [4.69, 9.17) is 4.74 Å². The van der Waals surface area contributed by atoms with Crippen LogP contribution in [0.4, 0.5) is 4.39 Å². The Hall–Kier alpha value is -4.32. The molecule has 3 aromatic carbocycles. The first-order valence-corrected chi connectivity index (χ1v) is 11.3. The number of carbonyl (C=O) groups is 3. The first kappa shape index (κ1) is 23.8. The number of aryl methyl sites for hydroxylation is 1. The quantitative estimate of drug-likeness (QED) is 0.193. The molecule has 176 valence electrons. The first-order chi connectivity index (χ1) is 17.0. The Morgan fingerprint density at radius 3 is 2.26 bits per heavy atom. The first-order valence-electron chi connectivity index (χ1n) is 11.3. The van der Waals surface area contributed by atoms with E-state index in [-0.39, 0.29) is 23.4 Å². The molecule has 0 unspecified atom stereocenters. The predicted octanol–water partition coefficient (Wildman–Crippen LogP) is 5.16. The summed E-state index contributed by atoms with van der Waals surface area (Å²) in [6.45, 7) is 0.589. The molecule has 0 radical (unpaired) electrons. The van der Waals surface area contributed by atoms with Gasteiger partial charge in [-0.3, -0.25) is 19.7 Å². The van der Waals surface area contributed by atoms with Crippen LogP contribution in [0, 0.1) is 5.82 Å². The summed E-state index contributed by atoms with van der Waals surface area (Å²) in [6.07, 6.45) is 7.23. The molecule has 1 aliphatic heterocycles. The number of ether oxygens (including phenoxy) is 1. The third-order valence-electron chi connectivity index (χ3n) is 5.59. The van der Waals surface area contributed by atoms with Crippen LogP contribution in [0.3, 0.4) is 0 Å². The third kappa shape index (κ3) is 6.60. The van der Waals surface area contributed by atoms with Gasteiger partial charge in [-0.25, -0.2) is 4.39 Å². The second-order valence-electron chi connectivity index (χ2n) is 8.15. The van der Waals surface area contributed by atoms with Crippen molar-refractivity contribution in [3.8, 4) is 5.75 Å². The van der Waals surface area contributed by atoms with Gasteiger partial charge in [0.15, 0.2) is 5.78 Å². The van der Waals surface area contributed by atoms with Crippen LogP contribution in [-0.2, 0) is 16.0 Å². The summed E-state index contributed by atoms with van der Waals surface area (Å²) >= 11 is 0. The highest BCUT2D eigenvalue weighted by atomic mass is 19.1. The smallest absolute Gasteiger partial charge is 0.258 e. The van der Waals surface area contributed by atoms with E-state index >= 15 is 0 Å². The second kappa shape index (κ2) is 11.2. The van der Waals surface area contributed by atoms with Crippen molar-refractivity contribution in [2.75, 3.05) is 6.61 Å². The van der Waals surface area contributed by atoms with E-state index in [1.807, 2.05) is 48.5 Å². The van der Waals surface area contributed by atoms with E-state index < -0.39 is 0 Å². The number of unbranched alkanes of at least 4 members (excludes halogenated alkanes) is 1. The van der Waals surface area contributed by atoms with Crippen LogP contribution in [-0.4, -0.2) is 24.2 Å². The fourth-order valence-corrected chi connectivity index (χ4v) is 3.66. The predicted molar refractivity (Wildman–Crippen MR) is 132 cm³/mol. The Labute approximate surface area is 202 Å². The number of imide groups is 1. The van der Waals surface area contributed by atoms with Crippen LogP contribution < -0.4 is 10.1 Å². The summed E-state index contributed by atoms with van der Waals surface area (Å²) in [5.41, 5.74) is 3.60. The maximum absolute atomic E-state index is 13.0. The fourth-order valence-electron chi connectivity index (χ4n) is 3.66. The number of amides is 2. The Kier molecular flexibility index (Phi) is 7.63. The van der Waals surface area contributed by atoms with Crippen molar-refractivity contribution in [3.05, 3.63) is 113 Å². The minimum Gasteiger partial charge on any atom is -0.494 e. The van der Waals surface area contributed by atoms with E-state index in [1.54, 1.807) is 6.08 Å². The van der Waals surface area contributed by atoms with Gasteiger partial charge < -0.3 is 4.74 Å². The molecule has 1 aliphatic rings. The molecule has 1 heterocycles. The van der Waals surface area contributed by atoms with Crippen molar-refractivity contribution in [2.24, 2.45) is 0 Å². The number of rotatable bonds is 10. The van der Waals surface area contributed by atoms with Gasteiger partial charge in [-0.2, -0.15) is 0 Å². The van der Waals surface area contributed by atoms with Crippen LogP contribution in [0.25, 0.3) is 11.6 Å². The number of benzene rings is 3. The second-order valence-corrected chi connectivity index (χ2v) is 8.15. The fraction of sp³-hybridized carbons (Fsp3) is 0.138. The van der Waals surface area contributed by atoms with Gasteiger partial charge in [0.25, 0.3) is 11.8 Å². The zero-order valence-corrected chi connectivity index (χ0v) is 19.0. The summed E-state index contributed by atoms with van der Waals surface area (Å²) in [5.74, 6) is -0.534. The molecule has 3 aromatic rings. The Morgan fingerprint density at radius 2 is 1.60 bits per heavy atom. The van der Waals surface area contributed by atoms with E-state index in [2.05, 4.69) is 5.32 Å². The van der Waals surface area contributed by atoms with Gasteiger partial charge >= 0.3 is 0 Å². The molecule has 0 saturated carbocycles. The molecular weight excluding hydrogens is 445 g/mol. The van der Waals surface area contributed by atoms with Crippen molar-refractivity contribution in [1.29, 1.82) is 0 Å². The topological polar surface area (TPSA) is 72.5 Å². The molecule has 0 saturated heterocycles. The summed E-state index contributed by atoms with van der Waals surface area (Å²) < 4.78 is 18.8. The zero-order chi connectivity index (χ0) is 24.6. The number of nitrogens with one attached hydrogen (secondary N) is 1. The zero-order valence-electron chi connectivity index (χ0n) is 19.0. The van der Waals surface area contributed by atoms with Crippen molar-refractivity contribution in [1.82, 2.24) is 5.32 Å². The normalized spacial score (nSPS) is 13.1. The highest BCUT2D eigenvalue weighted by Gasteiger charge is 2.21. The van der Waals surface area contributed by atoms with Gasteiger partial charge in [-0.05, 0) is 78.4 Å². The average molecular weight is 470 g/mol. The summed E-state index contributed by atoms with van der Waals surface area (Å²) in [5, 5.41) is 2.25. The van der Waals surface area contributed by atoms with Crippen LogP contribution in [0.5, 0.6) is 5.75 Å². The Bertz CT molecular complexity index is 1270. The van der Waals surface area contributed by atoms with Crippen molar-refractivity contribution in [3.63, 3.8) is 0 Å². The lowest BCUT2D eigenvalue weighted by Gasteiger charge is -2.07. The maximum Gasteiger partial charge on any atom is 0.258 e. The lowest BCUT2D eigenvalue weighted by Crippen LogP contribution is -2.21. The number of ketones is 1. The Morgan fingerprint density at radius 1 is 0.886 bits per heavy atom. The SMILES string of the molecule is O=C1C=C(c2ccc(CCCCOc3ccc(C=CC(=O)c4ccc(F)cc4)cc3)cc2)C(=O)N1. The van der Waals surface area contributed by atoms with Crippen molar-refractivity contribution in [2.45, 2.75) is 19.3 Å². The molecule has 0 aromatic heterocycles. The highest BCUT2D eigenvalue weighted by molar-refractivity contribution is 6.33. The molecule has 35 heavy (non-hydrogen) atoms. The number of carbonyl (C=O) groups excluding carboxylic acids is 3. The lowest BCUT2D eigenvalue weighted by molar-refractivity contribution is -0.123. The van der Waals surface area contributed by atoms with E-state index in [0.717, 1.165) is 41.7 Å². The van der Waals surface area contributed by atoms with Gasteiger partial charge in [-0.1, -0.05) is 42.5 Å². The van der Waals surface area contributed by atoms with Gasteiger partial charge in [0.1, 0.15) is 11.6 Å². The summed E-state index contributed by atoms with van der Waals surface area (Å²) in [7, 11) is 0. The van der Waals surface area contributed by atoms with E-state index in [0.29, 0.717) is 17.7 Å². The lowest BCUT2D eigenvalue weighted by atomic mass is 10.0. The number of allylic oxidation sites excluding steroid dienone is 1. The van der Waals surface area contributed by atoms with Gasteiger partial charge in [0.2, 0.25) is 0 Å². The van der Waals surface area contributed by atoms with Gasteiger partial charge in [0, 0.05) is 11.6 Å². The summed E-state index contributed by atoms with van der Waals surface area (Å²) in [4.78, 5) is 35.2. The van der Waals surface area contributed by atoms with Crippen LogP contribution in [0.15, 0.2) is 84.9 Å². The summed E-state index contributed by atoms with van der Waals surface area (Å²) in [6, 6.07) is 20.6. The van der Waals surface area contributed by atoms with Crippen LogP contribution >= 0.6 is 0 Å². The molecule has 1 N–H and O–H groups in total. The maximum atomic E-state index is 13.0. The Balaban J connectivity index is 1.18. The van der Waals surface area contributed by atoms with Crippen LogP contribution in [0.2, 0.25) is 0 Å². The minimum atomic E-state index is -0.378. The standard InChI is InChI=1S/C29H24FNO4/c30-24-13-11-23(12-14-24)27(32)17-8-21-6-15-25(16-7-21)35-18-2-1-3-20-4-9-22(10-5-20)26-19-28(33)31-29(26)34/h4-17,19H,1-3,18H2,(H,31,33,34). The molecule has 0 fully saturated rings. The largest absolute Gasteiger partial charge is 0.494 e.